The molecule has 1 unspecified atom stereocenters. The minimum absolute atomic E-state index is 0.00613. The van der Waals surface area contributed by atoms with Crippen LogP contribution in [0.25, 0.3) is 0 Å². The lowest BCUT2D eigenvalue weighted by Gasteiger charge is -2.21. The van der Waals surface area contributed by atoms with Gasteiger partial charge >= 0.3 is 6.18 Å². The number of amides is 1. The molecule has 116 valence electrons. The third-order valence-electron chi connectivity index (χ3n) is 3.65. The van der Waals surface area contributed by atoms with E-state index in [0.29, 0.717) is 0 Å². The van der Waals surface area contributed by atoms with Crippen LogP contribution in [0.4, 0.5) is 18.9 Å². The van der Waals surface area contributed by atoms with Crippen molar-refractivity contribution in [2.75, 3.05) is 4.90 Å². The molecule has 0 bridgehead atoms. The number of fused-ring (bicyclic) bond motifs is 1. The van der Waals surface area contributed by atoms with Crippen LogP contribution < -0.4 is 4.90 Å². The molecule has 0 saturated carbocycles. The summed E-state index contributed by atoms with van der Waals surface area (Å²) in [7, 11) is 0. The molecule has 1 heterocycles. The van der Waals surface area contributed by atoms with Gasteiger partial charge in [0.2, 0.25) is 0 Å². The SMILES string of the molecule is N#CC1c2cccc(C(F)(F)F)c2C(=O)N1c1ccccc1O. The zero-order valence-corrected chi connectivity index (χ0v) is 11.5. The lowest BCUT2D eigenvalue weighted by molar-refractivity contribution is -0.137. The van der Waals surface area contributed by atoms with Crippen molar-refractivity contribution in [1.82, 2.24) is 0 Å². The van der Waals surface area contributed by atoms with Gasteiger partial charge in [0, 0.05) is 5.56 Å². The molecule has 3 rings (SSSR count). The maximum Gasteiger partial charge on any atom is 0.417 e. The smallest absolute Gasteiger partial charge is 0.417 e. The Morgan fingerprint density at radius 3 is 2.43 bits per heavy atom. The van der Waals surface area contributed by atoms with Crippen LogP contribution in [0.3, 0.4) is 0 Å². The largest absolute Gasteiger partial charge is 0.506 e. The summed E-state index contributed by atoms with van der Waals surface area (Å²) >= 11 is 0. The molecule has 1 N–H and O–H groups in total. The summed E-state index contributed by atoms with van der Waals surface area (Å²) in [6.07, 6.45) is -4.71. The third-order valence-corrected chi connectivity index (χ3v) is 3.65. The van der Waals surface area contributed by atoms with Gasteiger partial charge in [0.25, 0.3) is 5.91 Å². The number of benzene rings is 2. The monoisotopic (exact) mass is 318 g/mol. The fourth-order valence-corrected chi connectivity index (χ4v) is 2.69. The fraction of sp³-hybridized carbons (Fsp3) is 0.125. The first kappa shape index (κ1) is 14.9. The van der Waals surface area contributed by atoms with Gasteiger partial charge in [0.1, 0.15) is 5.75 Å². The van der Waals surface area contributed by atoms with Crippen LogP contribution in [0.1, 0.15) is 27.5 Å². The van der Waals surface area contributed by atoms with E-state index in [0.717, 1.165) is 17.0 Å². The van der Waals surface area contributed by atoms with E-state index in [2.05, 4.69) is 0 Å². The van der Waals surface area contributed by atoms with Gasteiger partial charge < -0.3 is 5.11 Å². The lowest BCUT2D eigenvalue weighted by Crippen LogP contribution is -2.27. The molecule has 0 radical (unpaired) electrons. The van der Waals surface area contributed by atoms with Gasteiger partial charge in [0.15, 0.2) is 6.04 Å². The Hall–Kier alpha value is -3.01. The number of halogens is 3. The van der Waals surface area contributed by atoms with Crippen molar-refractivity contribution in [3.8, 4) is 11.8 Å². The second-order valence-corrected chi connectivity index (χ2v) is 4.96. The molecule has 0 fully saturated rings. The second kappa shape index (κ2) is 5.02. The lowest BCUT2D eigenvalue weighted by atomic mass is 10.00. The number of phenolic OH excluding ortho intramolecular Hbond substituents is 1. The summed E-state index contributed by atoms with van der Waals surface area (Å²) < 4.78 is 39.5. The Balaban J connectivity index is 2.24. The van der Waals surface area contributed by atoms with Crippen LogP contribution in [0, 0.1) is 11.3 Å². The van der Waals surface area contributed by atoms with Gasteiger partial charge in [-0.25, -0.2) is 0 Å². The van der Waals surface area contributed by atoms with Crippen LogP contribution in [-0.4, -0.2) is 11.0 Å². The van der Waals surface area contributed by atoms with Crippen LogP contribution in [0.2, 0.25) is 0 Å². The molecule has 23 heavy (non-hydrogen) atoms. The first-order valence-corrected chi connectivity index (χ1v) is 6.57. The van der Waals surface area contributed by atoms with Gasteiger partial charge in [0.05, 0.1) is 22.9 Å². The van der Waals surface area contributed by atoms with E-state index in [1.54, 1.807) is 0 Å². The van der Waals surface area contributed by atoms with Crippen molar-refractivity contribution in [2.24, 2.45) is 0 Å². The number of carbonyl (C=O) groups is 1. The summed E-state index contributed by atoms with van der Waals surface area (Å²) in [6, 6.07) is 9.58. The number of hydrogen-bond donors (Lipinski definition) is 1. The maximum atomic E-state index is 13.2. The number of hydrogen-bond acceptors (Lipinski definition) is 3. The van der Waals surface area contributed by atoms with Crippen molar-refractivity contribution in [2.45, 2.75) is 12.2 Å². The molecule has 4 nitrogen and oxygen atoms in total. The number of anilines is 1. The molecule has 0 aromatic heterocycles. The Morgan fingerprint density at radius 2 is 1.83 bits per heavy atom. The summed E-state index contributed by atoms with van der Waals surface area (Å²) in [5.74, 6) is -1.25. The number of carbonyl (C=O) groups excluding carboxylic acids is 1. The molecule has 0 aliphatic carbocycles. The summed E-state index contributed by atoms with van der Waals surface area (Å²) in [5.41, 5.74) is -1.66. The average Bonchev–Trinajstić information content (AvgIpc) is 2.79. The Kier molecular flexibility index (Phi) is 3.25. The molecule has 7 heteroatoms. The second-order valence-electron chi connectivity index (χ2n) is 4.96. The minimum Gasteiger partial charge on any atom is -0.506 e. The highest BCUT2D eigenvalue weighted by Gasteiger charge is 2.45. The molecule has 0 saturated heterocycles. The molecule has 1 amide bonds. The molecule has 1 aliphatic heterocycles. The number of alkyl halides is 3. The Labute approximate surface area is 129 Å². The van der Waals surface area contributed by atoms with E-state index in [9.17, 15) is 28.3 Å². The molecular weight excluding hydrogens is 309 g/mol. The van der Waals surface area contributed by atoms with E-state index >= 15 is 0 Å². The third kappa shape index (κ3) is 2.19. The van der Waals surface area contributed by atoms with Crippen LogP contribution >= 0.6 is 0 Å². The van der Waals surface area contributed by atoms with Crippen molar-refractivity contribution in [3.05, 3.63) is 59.2 Å². The molecular formula is C16H9F3N2O2. The number of rotatable bonds is 1. The van der Waals surface area contributed by atoms with E-state index in [1.807, 2.05) is 6.07 Å². The highest BCUT2D eigenvalue weighted by Crippen LogP contribution is 2.44. The molecule has 2 aromatic carbocycles. The zero-order chi connectivity index (χ0) is 16.8. The first-order chi connectivity index (χ1) is 10.9. The normalized spacial score (nSPS) is 17.0. The van der Waals surface area contributed by atoms with Gasteiger partial charge in [-0.1, -0.05) is 24.3 Å². The number of nitrogens with zero attached hydrogens (tertiary/aromatic N) is 2. The molecule has 0 spiro atoms. The maximum absolute atomic E-state index is 13.2. The van der Waals surface area contributed by atoms with E-state index < -0.39 is 29.3 Å². The van der Waals surface area contributed by atoms with Gasteiger partial charge in [-0.05, 0) is 18.2 Å². The van der Waals surface area contributed by atoms with Crippen LogP contribution in [0.15, 0.2) is 42.5 Å². The van der Waals surface area contributed by atoms with E-state index in [4.69, 9.17) is 0 Å². The predicted molar refractivity (Wildman–Crippen MR) is 74.7 cm³/mol. The standard InChI is InChI=1S/C16H9F3N2O2/c17-16(18,19)10-5-3-4-9-12(8-20)21(15(23)14(9)10)11-6-1-2-7-13(11)22/h1-7,12,22H. The minimum atomic E-state index is -4.71. The van der Waals surface area contributed by atoms with Gasteiger partial charge in [-0.3, -0.25) is 9.69 Å². The number of phenols is 1. The number of nitriles is 1. The van der Waals surface area contributed by atoms with E-state index in [-0.39, 0.29) is 17.0 Å². The van der Waals surface area contributed by atoms with Crippen molar-refractivity contribution in [1.29, 1.82) is 5.26 Å². The van der Waals surface area contributed by atoms with Crippen molar-refractivity contribution in [3.63, 3.8) is 0 Å². The predicted octanol–water partition coefficient (Wildman–Crippen LogP) is 3.64. The zero-order valence-electron chi connectivity index (χ0n) is 11.5. The number of aromatic hydroxyl groups is 1. The highest BCUT2D eigenvalue weighted by atomic mass is 19.4. The van der Waals surface area contributed by atoms with Crippen molar-refractivity contribution >= 4 is 11.6 Å². The number of para-hydroxylation sites is 2. The fourth-order valence-electron chi connectivity index (χ4n) is 2.69. The van der Waals surface area contributed by atoms with Gasteiger partial charge in [-0.2, -0.15) is 18.4 Å². The Bertz CT molecular complexity index is 840. The quantitative estimate of drug-likeness (QED) is 0.873. The van der Waals surface area contributed by atoms with Crippen molar-refractivity contribution < 1.29 is 23.1 Å². The van der Waals surface area contributed by atoms with Gasteiger partial charge in [-0.15, -0.1) is 0 Å². The van der Waals surface area contributed by atoms with Crippen LogP contribution in [-0.2, 0) is 6.18 Å². The highest BCUT2D eigenvalue weighted by molar-refractivity contribution is 6.13. The molecule has 1 aliphatic rings. The summed E-state index contributed by atoms with van der Waals surface area (Å²) in [6.45, 7) is 0. The van der Waals surface area contributed by atoms with Crippen LogP contribution in [0.5, 0.6) is 5.75 Å². The molecule has 2 aromatic rings. The van der Waals surface area contributed by atoms with E-state index in [1.165, 1.54) is 30.3 Å². The first-order valence-electron chi connectivity index (χ1n) is 6.57. The summed E-state index contributed by atoms with van der Waals surface area (Å²) in [5, 5.41) is 19.2. The topological polar surface area (TPSA) is 64.3 Å². The molecule has 1 atom stereocenters. The summed E-state index contributed by atoms with van der Waals surface area (Å²) in [4.78, 5) is 13.4. The average molecular weight is 318 g/mol. The Morgan fingerprint density at radius 1 is 1.13 bits per heavy atom.